The molecule has 1 aliphatic rings. The van der Waals surface area contributed by atoms with Crippen molar-refractivity contribution in [2.75, 3.05) is 26.9 Å². The molecule has 0 bridgehead atoms. The van der Waals surface area contributed by atoms with Gasteiger partial charge in [0.1, 0.15) is 24.4 Å². The number of aliphatic hydroxyl groups excluding tert-OH is 2. The molecule has 0 aromatic heterocycles. The summed E-state index contributed by atoms with van der Waals surface area (Å²) in [5, 5.41) is 21.9. The number of unbranched alkanes of at least 4 members (excludes halogenated alkanes) is 4. The average molecular weight is 486 g/mol. The third kappa shape index (κ3) is 10.3. The van der Waals surface area contributed by atoms with E-state index in [4.69, 9.17) is 18.9 Å². The first-order chi connectivity index (χ1) is 15.7. The summed E-state index contributed by atoms with van der Waals surface area (Å²) in [5.41, 5.74) is 0. The molecule has 1 aliphatic heterocycles. The van der Waals surface area contributed by atoms with Crippen molar-refractivity contribution in [3.63, 3.8) is 0 Å². The smallest absolute Gasteiger partial charge is 0.394 e. The van der Waals surface area contributed by atoms with Gasteiger partial charge in [0.15, 0.2) is 6.29 Å². The first kappa shape index (κ1) is 29.8. The number of rotatable bonds is 16. The van der Waals surface area contributed by atoms with Gasteiger partial charge in [0, 0.05) is 13.7 Å². The van der Waals surface area contributed by atoms with E-state index in [1.165, 1.54) is 12.5 Å². The van der Waals surface area contributed by atoms with Gasteiger partial charge in [-0.05, 0) is 12.8 Å². The van der Waals surface area contributed by atoms with Gasteiger partial charge in [0.05, 0.1) is 19.3 Å². The summed E-state index contributed by atoms with van der Waals surface area (Å²) in [5.74, 6) is -2.21. The van der Waals surface area contributed by atoms with Crippen LogP contribution >= 0.6 is 0 Å². The van der Waals surface area contributed by atoms with Gasteiger partial charge in [-0.15, -0.1) is 6.58 Å². The van der Waals surface area contributed by atoms with E-state index in [1.54, 1.807) is 12.4 Å². The minimum atomic E-state index is -5.15. The van der Waals surface area contributed by atoms with E-state index < -0.39 is 49.3 Å². The number of ether oxygens (including phenoxy) is 4. The first-order valence-corrected chi connectivity index (χ1v) is 11.4. The van der Waals surface area contributed by atoms with Gasteiger partial charge in [-0.1, -0.05) is 45.1 Å². The largest absolute Gasteiger partial charge is 0.471 e. The van der Waals surface area contributed by atoms with Crippen LogP contribution in [0, 0.1) is 0 Å². The normalized spacial score (nSPS) is 26.7. The van der Waals surface area contributed by atoms with Crippen molar-refractivity contribution in [3.05, 3.63) is 12.7 Å². The Morgan fingerprint density at radius 1 is 1.21 bits per heavy atom. The predicted molar refractivity (Wildman–Crippen MR) is 114 cm³/mol. The minimum Gasteiger partial charge on any atom is -0.394 e. The quantitative estimate of drug-likeness (QED) is 0.228. The monoisotopic (exact) mass is 485 g/mol. The molecule has 1 saturated heterocycles. The molecule has 11 heteroatoms. The van der Waals surface area contributed by atoms with Crippen molar-refractivity contribution in [3.8, 4) is 0 Å². The van der Waals surface area contributed by atoms with Gasteiger partial charge < -0.3 is 34.5 Å². The van der Waals surface area contributed by atoms with Crippen molar-refractivity contribution in [1.82, 2.24) is 5.32 Å². The number of hydrogen-bond donors (Lipinski definition) is 3. The Morgan fingerprint density at radius 2 is 1.91 bits per heavy atom. The molecule has 6 atom stereocenters. The average Bonchev–Trinajstić information content (AvgIpc) is 2.78. The van der Waals surface area contributed by atoms with E-state index in [0.29, 0.717) is 6.42 Å². The maximum atomic E-state index is 12.9. The van der Waals surface area contributed by atoms with Crippen LogP contribution in [0.15, 0.2) is 12.7 Å². The Morgan fingerprint density at radius 3 is 2.48 bits per heavy atom. The summed E-state index contributed by atoms with van der Waals surface area (Å²) in [6, 6.07) is -1.47. The summed E-state index contributed by atoms with van der Waals surface area (Å²) in [6.45, 7) is 4.96. The molecule has 8 nitrogen and oxygen atoms in total. The Hall–Kier alpha value is -1.24. The van der Waals surface area contributed by atoms with Gasteiger partial charge in [-0.25, -0.2) is 0 Å². The number of methoxy groups -OCH3 is 1. The first-order valence-electron chi connectivity index (χ1n) is 11.4. The minimum absolute atomic E-state index is 0.0555. The number of amides is 1. The van der Waals surface area contributed by atoms with Crippen molar-refractivity contribution in [2.45, 2.75) is 94.8 Å². The predicted octanol–water partition coefficient (Wildman–Crippen LogP) is 2.46. The molecule has 1 rings (SSSR count). The lowest BCUT2D eigenvalue weighted by molar-refractivity contribution is -0.276. The summed E-state index contributed by atoms with van der Waals surface area (Å²) in [4.78, 5) is 11.6. The van der Waals surface area contributed by atoms with Crippen molar-refractivity contribution < 1.29 is 47.1 Å². The van der Waals surface area contributed by atoms with Crippen molar-refractivity contribution >= 4 is 5.91 Å². The molecule has 0 aromatic rings. The number of nitrogens with one attached hydrogen (secondary N) is 1. The Kier molecular flexibility index (Phi) is 14.1. The molecule has 194 valence electrons. The second-order valence-corrected chi connectivity index (χ2v) is 8.02. The Bertz CT molecular complexity index is 565. The standard InChI is InChI=1S/C22H38F3NO7/c1-4-6-7-8-9-10-15(30-3)11-13-31-19-17(26-21(29)22(23,24)25)20(32-12-5-2)33-16(14-27)18(19)28/h5,15-20,27-28H,2,4,6-14H2,1,3H3,(H,26,29)/t15-,16+,17+,18+,19+,20-/m0/s1. The highest BCUT2D eigenvalue weighted by Crippen LogP contribution is 2.26. The summed E-state index contributed by atoms with van der Waals surface area (Å²) >= 11 is 0. The number of hydrogen-bond acceptors (Lipinski definition) is 7. The van der Waals surface area contributed by atoms with E-state index in [2.05, 4.69) is 13.5 Å². The molecule has 1 heterocycles. The molecule has 0 spiro atoms. The van der Waals surface area contributed by atoms with Gasteiger partial charge >= 0.3 is 12.1 Å². The molecule has 0 aliphatic carbocycles. The van der Waals surface area contributed by atoms with E-state index >= 15 is 0 Å². The molecule has 0 unspecified atom stereocenters. The fraction of sp³-hybridized carbons (Fsp3) is 0.864. The second kappa shape index (κ2) is 15.6. The third-order valence-electron chi connectivity index (χ3n) is 5.50. The molecule has 0 saturated carbocycles. The van der Waals surface area contributed by atoms with Crippen molar-refractivity contribution in [2.24, 2.45) is 0 Å². The number of halogens is 3. The van der Waals surface area contributed by atoms with Crippen LogP contribution in [0.5, 0.6) is 0 Å². The van der Waals surface area contributed by atoms with Crippen LogP contribution in [-0.4, -0.2) is 86.0 Å². The van der Waals surface area contributed by atoms with Crippen LogP contribution in [0.4, 0.5) is 13.2 Å². The van der Waals surface area contributed by atoms with Crippen LogP contribution in [0.25, 0.3) is 0 Å². The zero-order chi connectivity index (χ0) is 24.9. The number of carbonyl (C=O) groups excluding carboxylic acids is 1. The zero-order valence-corrected chi connectivity index (χ0v) is 19.4. The van der Waals surface area contributed by atoms with E-state index in [-0.39, 0.29) is 19.3 Å². The Labute approximate surface area is 193 Å². The van der Waals surface area contributed by atoms with Gasteiger partial charge in [0.25, 0.3) is 0 Å². The maximum Gasteiger partial charge on any atom is 0.471 e. The molecule has 33 heavy (non-hydrogen) atoms. The van der Waals surface area contributed by atoms with Gasteiger partial charge in [0.2, 0.25) is 0 Å². The lowest BCUT2D eigenvalue weighted by atomic mass is 9.96. The summed E-state index contributed by atoms with van der Waals surface area (Å²) < 4.78 is 60.6. The SMILES string of the molecule is C=CCO[C@H]1O[C@H](CO)[C@@H](O)[C@H](OCC[C@H](CCCCCCC)OC)[C@H]1NC(=O)C(F)(F)F. The highest BCUT2D eigenvalue weighted by molar-refractivity contribution is 5.82. The lowest BCUT2D eigenvalue weighted by Gasteiger charge is -2.44. The fourth-order valence-electron chi connectivity index (χ4n) is 3.65. The lowest BCUT2D eigenvalue weighted by Crippen LogP contribution is -2.66. The van der Waals surface area contributed by atoms with Crippen LogP contribution in [0.2, 0.25) is 0 Å². The zero-order valence-electron chi connectivity index (χ0n) is 19.4. The van der Waals surface area contributed by atoms with Crippen LogP contribution < -0.4 is 5.32 Å². The molecule has 0 radical (unpaired) electrons. The third-order valence-corrected chi connectivity index (χ3v) is 5.50. The van der Waals surface area contributed by atoms with Crippen molar-refractivity contribution in [1.29, 1.82) is 0 Å². The summed E-state index contributed by atoms with van der Waals surface area (Å²) in [7, 11) is 1.58. The number of carbonyl (C=O) groups is 1. The van der Waals surface area contributed by atoms with Crippen LogP contribution in [0.3, 0.4) is 0 Å². The van der Waals surface area contributed by atoms with E-state index in [0.717, 1.165) is 32.1 Å². The van der Waals surface area contributed by atoms with Crippen LogP contribution in [0.1, 0.15) is 51.9 Å². The van der Waals surface area contributed by atoms with Crippen LogP contribution in [-0.2, 0) is 23.7 Å². The topological polar surface area (TPSA) is 106 Å². The molecular weight excluding hydrogens is 447 g/mol. The number of alkyl halides is 3. The molecular formula is C22H38F3NO7. The number of aliphatic hydroxyl groups is 2. The maximum absolute atomic E-state index is 12.9. The van der Waals surface area contributed by atoms with E-state index in [9.17, 15) is 28.2 Å². The van der Waals surface area contributed by atoms with Gasteiger partial charge in [-0.2, -0.15) is 13.2 Å². The van der Waals surface area contributed by atoms with Gasteiger partial charge in [-0.3, -0.25) is 4.79 Å². The molecule has 1 amide bonds. The van der Waals surface area contributed by atoms with E-state index in [1.807, 2.05) is 0 Å². The second-order valence-electron chi connectivity index (χ2n) is 8.02. The molecule has 1 fully saturated rings. The highest BCUT2D eigenvalue weighted by Gasteiger charge is 2.50. The molecule has 3 N–H and O–H groups in total. The fourth-order valence-corrected chi connectivity index (χ4v) is 3.65. The highest BCUT2D eigenvalue weighted by atomic mass is 19.4. The molecule has 0 aromatic carbocycles. The summed E-state index contributed by atoms with van der Waals surface area (Å²) in [6.07, 6.45) is -2.50. The Balaban J connectivity index is 2.83.